The van der Waals surface area contributed by atoms with Crippen LogP contribution in [0.2, 0.25) is 0 Å². The van der Waals surface area contributed by atoms with Crippen LogP contribution in [0.25, 0.3) is 0 Å². The summed E-state index contributed by atoms with van der Waals surface area (Å²) in [6.45, 7) is 2.30. The fourth-order valence-electron chi connectivity index (χ4n) is 2.41. The third-order valence-electron chi connectivity index (χ3n) is 3.35. The minimum atomic E-state index is -0.298. The fourth-order valence-corrected chi connectivity index (χ4v) is 2.41. The molecule has 15 heavy (non-hydrogen) atoms. The average molecular weight is 212 g/mol. The van der Waals surface area contributed by atoms with Gasteiger partial charge in [-0.1, -0.05) is 6.42 Å². The minimum Gasteiger partial charge on any atom is -0.391 e. The number of rotatable bonds is 2. The van der Waals surface area contributed by atoms with Crippen LogP contribution in [0.3, 0.4) is 0 Å². The van der Waals surface area contributed by atoms with Crippen LogP contribution in [0.5, 0.6) is 0 Å². The molecular weight excluding hydrogens is 192 g/mol. The zero-order valence-electron chi connectivity index (χ0n) is 9.11. The maximum absolute atomic E-state index is 11.8. The van der Waals surface area contributed by atoms with E-state index in [1.165, 1.54) is 12.8 Å². The first-order chi connectivity index (χ1) is 7.25. The molecule has 2 atom stereocenters. The third-order valence-corrected chi connectivity index (χ3v) is 3.35. The lowest BCUT2D eigenvalue weighted by atomic mass is 10.0. The summed E-state index contributed by atoms with van der Waals surface area (Å²) in [5.41, 5.74) is 0. The number of hydrogen-bond donors (Lipinski definition) is 2. The van der Waals surface area contributed by atoms with Crippen molar-refractivity contribution in [2.24, 2.45) is 0 Å². The molecule has 0 bridgehead atoms. The molecule has 86 valence electrons. The maximum atomic E-state index is 11.8. The van der Waals surface area contributed by atoms with E-state index in [2.05, 4.69) is 5.32 Å². The van der Waals surface area contributed by atoms with Crippen molar-refractivity contribution in [2.45, 2.75) is 44.2 Å². The van der Waals surface area contributed by atoms with Gasteiger partial charge >= 0.3 is 0 Å². The summed E-state index contributed by atoms with van der Waals surface area (Å²) in [7, 11) is 0. The summed E-state index contributed by atoms with van der Waals surface area (Å²) < 4.78 is 0. The number of piperidine rings is 1. The predicted molar refractivity (Wildman–Crippen MR) is 57.5 cm³/mol. The Bertz CT molecular complexity index is 227. The van der Waals surface area contributed by atoms with Crippen molar-refractivity contribution in [1.82, 2.24) is 10.2 Å². The molecule has 0 radical (unpaired) electrons. The molecule has 2 fully saturated rings. The Kier molecular flexibility index (Phi) is 3.59. The van der Waals surface area contributed by atoms with Gasteiger partial charge in [-0.15, -0.1) is 0 Å². The molecule has 0 aromatic heterocycles. The standard InChI is InChI=1S/C11H20N2O2/c14-10-4-6-13(8-10)11(15)7-9-3-1-2-5-12-9/h9-10,12,14H,1-8H2. The van der Waals surface area contributed by atoms with Crippen molar-refractivity contribution in [3.8, 4) is 0 Å². The van der Waals surface area contributed by atoms with Gasteiger partial charge in [-0.25, -0.2) is 0 Å². The van der Waals surface area contributed by atoms with Crippen molar-refractivity contribution < 1.29 is 9.90 Å². The molecular formula is C11H20N2O2. The van der Waals surface area contributed by atoms with Gasteiger partial charge in [-0.3, -0.25) is 4.79 Å². The van der Waals surface area contributed by atoms with Crippen LogP contribution in [0.15, 0.2) is 0 Å². The van der Waals surface area contributed by atoms with E-state index in [0.717, 1.165) is 25.9 Å². The van der Waals surface area contributed by atoms with Crippen LogP contribution in [0, 0.1) is 0 Å². The number of aliphatic hydroxyl groups excluding tert-OH is 1. The van der Waals surface area contributed by atoms with Crippen LogP contribution in [-0.2, 0) is 4.79 Å². The Labute approximate surface area is 90.6 Å². The third kappa shape index (κ3) is 2.92. The van der Waals surface area contributed by atoms with Gasteiger partial charge in [-0.05, 0) is 25.8 Å². The zero-order chi connectivity index (χ0) is 10.7. The van der Waals surface area contributed by atoms with Crippen molar-refractivity contribution in [3.63, 3.8) is 0 Å². The number of carbonyl (C=O) groups is 1. The number of carbonyl (C=O) groups excluding carboxylic acids is 1. The quantitative estimate of drug-likeness (QED) is 0.683. The largest absolute Gasteiger partial charge is 0.391 e. The number of hydrogen-bond acceptors (Lipinski definition) is 3. The van der Waals surface area contributed by atoms with E-state index in [9.17, 15) is 9.90 Å². The number of aliphatic hydroxyl groups is 1. The van der Waals surface area contributed by atoms with Gasteiger partial charge in [0.15, 0.2) is 0 Å². The first-order valence-electron chi connectivity index (χ1n) is 5.95. The van der Waals surface area contributed by atoms with Crippen LogP contribution in [0.1, 0.15) is 32.1 Å². The molecule has 0 aromatic carbocycles. The fraction of sp³-hybridized carbons (Fsp3) is 0.909. The van der Waals surface area contributed by atoms with Crippen LogP contribution in [0.4, 0.5) is 0 Å². The first kappa shape index (κ1) is 10.9. The Morgan fingerprint density at radius 3 is 2.87 bits per heavy atom. The van der Waals surface area contributed by atoms with Crippen molar-refractivity contribution in [1.29, 1.82) is 0 Å². The SMILES string of the molecule is O=C(CC1CCCCN1)N1CCC(O)C1. The number of nitrogens with zero attached hydrogens (tertiary/aromatic N) is 1. The zero-order valence-corrected chi connectivity index (χ0v) is 9.11. The smallest absolute Gasteiger partial charge is 0.224 e. The van der Waals surface area contributed by atoms with E-state index in [1.54, 1.807) is 4.90 Å². The molecule has 0 saturated carbocycles. The number of likely N-dealkylation sites (tertiary alicyclic amines) is 1. The summed E-state index contributed by atoms with van der Waals surface area (Å²) in [6, 6.07) is 0.365. The summed E-state index contributed by atoms with van der Waals surface area (Å²) >= 11 is 0. The average Bonchev–Trinajstić information content (AvgIpc) is 2.66. The summed E-state index contributed by atoms with van der Waals surface area (Å²) in [6.07, 6.45) is 4.62. The minimum absolute atomic E-state index is 0.200. The Balaban J connectivity index is 1.76. The Morgan fingerprint density at radius 1 is 1.40 bits per heavy atom. The van der Waals surface area contributed by atoms with Crippen LogP contribution < -0.4 is 5.32 Å². The highest BCUT2D eigenvalue weighted by atomic mass is 16.3. The molecule has 0 aromatic rings. The molecule has 4 nitrogen and oxygen atoms in total. The van der Waals surface area contributed by atoms with Gasteiger partial charge < -0.3 is 15.3 Å². The molecule has 2 aliphatic rings. The summed E-state index contributed by atoms with van der Waals surface area (Å²) in [5, 5.41) is 12.7. The van der Waals surface area contributed by atoms with E-state index < -0.39 is 0 Å². The lowest BCUT2D eigenvalue weighted by molar-refractivity contribution is -0.131. The molecule has 0 aliphatic carbocycles. The lowest BCUT2D eigenvalue weighted by Crippen LogP contribution is -2.40. The normalized spacial score (nSPS) is 31.9. The molecule has 0 spiro atoms. The number of amides is 1. The Hall–Kier alpha value is -0.610. The van der Waals surface area contributed by atoms with E-state index in [1.807, 2.05) is 0 Å². The first-order valence-corrected chi connectivity index (χ1v) is 5.95. The highest BCUT2D eigenvalue weighted by molar-refractivity contribution is 5.77. The number of nitrogens with one attached hydrogen (secondary N) is 1. The lowest BCUT2D eigenvalue weighted by Gasteiger charge is -2.25. The molecule has 2 rings (SSSR count). The van der Waals surface area contributed by atoms with Crippen molar-refractivity contribution in [3.05, 3.63) is 0 Å². The highest BCUT2D eigenvalue weighted by Gasteiger charge is 2.26. The molecule has 4 heteroatoms. The molecule has 2 N–H and O–H groups in total. The monoisotopic (exact) mass is 212 g/mol. The molecule has 2 saturated heterocycles. The maximum Gasteiger partial charge on any atom is 0.224 e. The van der Waals surface area contributed by atoms with E-state index >= 15 is 0 Å². The molecule has 2 unspecified atom stereocenters. The second kappa shape index (κ2) is 4.94. The van der Waals surface area contributed by atoms with E-state index in [-0.39, 0.29) is 12.0 Å². The van der Waals surface area contributed by atoms with Crippen molar-refractivity contribution in [2.75, 3.05) is 19.6 Å². The van der Waals surface area contributed by atoms with Gasteiger partial charge in [0, 0.05) is 25.6 Å². The Morgan fingerprint density at radius 2 is 2.27 bits per heavy atom. The van der Waals surface area contributed by atoms with Gasteiger partial charge in [-0.2, -0.15) is 0 Å². The summed E-state index contributed by atoms with van der Waals surface area (Å²) in [4.78, 5) is 13.6. The molecule has 2 aliphatic heterocycles. The predicted octanol–water partition coefficient (Wildman–Crippen LogP) is 0.112. The van der Waals surface area contributed by atoms with E-state index in [0.29, 0.717) is 19.0 Å². The van der Waals surface area contributed by atoms with Gasteiger partial charge in [0.2, 0.25) is 5.91 Å². The van der Waals surface area contributed by atoms with Crippen LogP contribution in [-0.4, -0.2) is 47.7 Å². The molecule has 1 amide bonds. The number of β-amino-alcohol motifs (C(OH)–C–C–N with tert-alkyl or cyclic N) is 1. The van der Waals surface area contributed by atoms with Gasteiger partial charge in [0.05, 0.1) is 6.10 Å². The van der Waals surface area contributed by atoms with Crippen molar-refractivity contribution >= 4 is 5.91 Å². The van der Waals surface area contributed by atoms with Crippen LogP contribution >= 0.6 is 0 Å². The van der Waals surface area contributed by atoms with E-state index in [4.69, 9.17) is 0 Å². The highest BCUT2D eigenvalue weighted by Crippen LogP contribution is 2.15. The summed E-state index contributed by atoms with van der Waals surface area (Å²) in [5.74, 6) is 0.200. The second-order valence-electron chi connectivity index (χ2n) is 4.63. The second-order valence-corrected chi connectivity index (χ2v) is 4.63. The van der Waals surface area contributed by atoms with Gasteiger partial charge in [0.1, 0.15) is 0 Å². The molecule has 2 heterocycles. The van der Waals surface area contributed by atoms with Gasteiger partial charge in [0.25, 0.3) is 0 Å². The topological polar surface area (TPSA) is 52.6 Å².